The van der Waals surface area contributed by atoms with Crippen molar-refractivity contribution in [3.63, 3.8) is 0 Å². The largest absolute Gasteiger partial charge is 0.370 e. The van der Waals surface area contributed by atoms with Gasteiger partial charge < -0.3 is 15.8 Å². The number of nitrogens with one attached hydrogen (secondary N) is 1. The molecule has 178 valence electrons. The minimum absolute atomic E-state index is 0.0155. The van der Waals surface area contributed by atoms with Crippen LogP contribution in [0.2, 0.25) is 0 Å². The van der Waals surface area contributed by atoms with Gasteiger partial charge in [-0.15, -0.1) is 11.8 Å². The van der Waals surface area contributed by atoms with Gasteiger partial charge in [0, 0.05) is 28.3 Å². The summed E-state index contributed by atoms with van der Waals surface area (Å²) in [6.45, 7) is 4.23. The monoisotopic (exact) mass is 480 g/mol. The van der Waals surface area contributed by atoms with Crippen LogP contribution in [-0.4, -0.2) is 34.3 Å². The maximum Gasteiger partial charge on any atom is 0.274 e. The Morgan fingerprint density at radius 1 is 1.18 bits per heavy atom. The molecule has 2 aromatic heterocycles. The van der Waals surface area contributed by atoms with E-state index < -0.39 is 11.7 Å². The van der Waals surface area contributed by atoms with E-state index in [2.05, 4.69) is 29.1 Å². The van der Waals surface area contributed by atoms with Crippen LogP contribution < -0.4 is 11.1 Å². The summed E-state index contributed by atoms with van der Waals surface area (Å²) < 4.78 is 20.9. The summed E-state index contributed by atoms with van der Waals surface area (Å²) in [5, 5.41) is 2.89. The number of thioether (sulfide) groups is 1. The molecule has 3 heterocycles. The van der Waals surface area contributed by atoms with Gasteiger partial charge in [0.15, 0.2) is 0 Å². The Bertz CT molecular complexity index is 1160. The number of halogens is 1. The van der Waals surface area contributed by atoms with Crippen molar-refractivity contribution in [1.82, 2.24) is 9.97 Å². The molecule has 0 spiro atoms. The number of amides is 1. The third kappa shape index (κ3) is 5.46. The molecule has 1 aliphatic rings. The van der Waals surface area contributed by atoms with Crippen LogP contribution in [0.5, 0.6) is 0 Å². The molecule has 0 saturated carbocycles. The van der Waals surface area contributed by atoms with Crippen molar-refractivity contribution >= 4 is 23.4 Å². The van der Waals surface area contributed by atoms with Gasteiger partial charge in [0.2, 0.25) is 0 Å². The van der Waals surface area contributed by atoms with E-state index >= 15 is 0 Å². The van der Waals surface area contributed by atoms with Gasteiger partial charge in [-0.05, 0) is 55.3 Å². The van der Waals surface area contributed by atoms with Crippen LogP contribution in [0.4, 0.5) is 10.1 Å². The smallest absolute Gasteiger partial charge is 0.274 e. The maximum atomic E-state index is 14.5. The molecular weight excluding hydrogens is 451 g/mol. The number of hydrogen-bond acceptors (Lipinski definition) is 6. The minimum atomic E-state index is -0.486. The van der Waals surface area contributed by atoms with Gasteiger partial charge in [0.1, 0.15) is 17.2 Å². The SMILES string of the molecule is CSc1ccc(-c2nc(C(=O)Nc3cnccc3C3CC(N)CC(C(C)C)O3)ccc2F)cc1. The molecule has 6 nitrogen and oxygen atoms in total. The zero-order chi connectivity index (χ0) is 24.2. The third-order valence-corrected chi connectivity index (χ3v) is 6.77. The molecule has 3 aromatic rings. The zero-order valence-electron chi connectivity index (χ0n) is 19.5. The number of aromatic nitrogens is 2. The second-order valence-corrected chi connectivity index (χ2v) is 9.69. The standard InChI is InChI=1S/C26H29FN4O2S/c1-15(2)23-12-17(28)13-24(33-23)19-10-11-29-14-22(19)31-26(32)21-9-8-20(27)25(30-21)16-4-6-18(34-3)7-5-16/h4-11,14-15,17,23-24H,12-13,28H2,1-3H3,(H,31,32). The fourth-order valence-corrected chi connectivity index (χ4v) is 4.53. The number of carbonyl (C=O) groups is 1. The Kier molecular flexibility index (Phi) is 7.60. The van der Waals surface area contributed by atoms with E-state index in [4.69, 9.17) is 10.5 Å². The van der Waals surface area contributed by atoms with E-state index in [-0.39, 0.29) is 29.6 Å². The Labute approximate surface area is 203 Å². The number of pyridine rings is 2. The average Bonchev–Trinajstić information content (AvgIpc) is 2.84. The van der Waals surface area contributed by atoms with Crippen LogP contribution in [0, 0.1) is 11.7 Å². The Balaban J connectivity index is 1.58. The van der Waals surface area contributed by atoms with Crippen LogP contribution in [0.3, 0.4) is 0 Å². The lowest BCUT2D eigenvalue weighted by atomic mass is 9.90. The molecule has 3 atom stereocenters. The van der Waals surface area contributed by atoms with Crippen molar-refractivity contribution in [3.05, 3.63) is 71.9 Å². The Morgan fingerprint density at radius 3 is 2.65 bits per heavy atom. The van der Waals surface area contributed by atoms with Gasteiger partial charge in [-0.1, -0.05) is 26.0 Å². The highest BCUT2D eigenvalue weighted by Crippen LogP contribution is 2.36. The van der Waals surface area contributed by atoms with Crippen molar-refractivity contribution in [2.75, 3.05) is 11.6 Å². The second kappa shape index (κ2) is 10.6. The molecule has 34 heavy (non-hydrogen) atoms. The summed E-state index contributed by atoms with van der Waals surface area (Å²) in [6, 6.07) is 11.9. The fourth-order valence-electron chi connectivity index (χ4n) is 4.12. The highest BCUT2D eigenvalue weighted by molar-refractivity contribution is 7.98. The van der Waals surface area contributed by atoms with E-state index in [1.165, 1.54) is 12.1 Å². The maximum absolute atomic E-state index is 14.5. The molecule has 0 radical (unpaired) electrons. The lowest BCUT2D eigenvalue weighted by Crippen LogP contribution is -2.39. The normalized spacial score (nSPS) is 20.4. The van der Waals surface area contributed by atoms with Crippen LogP contribution in [-0.2, 0) is 4.74 Å². The van der Waals surface area contributed by atoms with Crippen molar-refractivity contribution in [3.8, 4) is 11.3 Å². The molecule has 1 saturated heterocycles. The van der Waals surface area contributed by atoms with Crippen molar-refractivity contribution in [2.24, 2.45) is 11.7 Å². The molecule has 1 aliphatic heterocycles. The average molecular weight is 481 g/mol. The van der Waals surface area contributed by atoms with E-state index in [0.717, 1.165) is 16.9 Å². The van der Waals surface area contributed by atoms with Gasteiger partial charge in [-0.25, -0.2) is 9.37 Å². The van der Waals surface area contributed by atoms with Crippen molar-refractivity contribution in [2.45, 2.75) is 49.8 Å². The molecule has 1 fully saturated rings. The van der Waals surface area contributed by atoms with Gasteiger partial charge in [0.25, 0.3) is 5.91 Å². The molecule has 3 N–H and O–H groups in total. The third-order valence-electron chi connectivity index (χ3n) is 6.03. The fraction of sp³-hybridized carbons (Fsp3) is 0.346. The molecule has 8 heteroatoms. The number of hydrogen-bond donors (Lipinski definition) is 2. The number of nitrogens with two attached hydrogens (primary N) is 1. The van der Waals surface area contributed by atoms with Gasteiger partial charge >= 0.3 is 0 Å². The number of rotatable bonds is 6. The number of anilines is 1. The first-order chi connectivity index (χ1) is 16.4. The number of carbonyl (C=O) groups excluding carboxylic acids is 1. The number of nitrogens with zero attached hydrogens (tertiary/aromatic N) is 2. The van der Waals surface area contributed by atoms with Crippen LogP contribution in [0.15, 0.2) is 59.8 Å². The predicted octanol–water partition coefficient (Wildman–Crippen LogP) is 5.46. The van der Waals surface area contributed by atoms with Crippen molar-refractivity contribution in [1.29, 1.82) is 0 Å². The van der Waals surface area contributed by atoms with Crippen LogP contribution in [0.25, 0.3) is 11.3 Å². The lowest BCUT2D eigenvalue weighted by Gasteiger charge is -2.36. The molecule has 3 unspecified atom stereocenters. The topological polar surface area (TPSA) is 90.1 Å². The molecular formula is C26H29FN4O2S. The predicted molar refractivity (Wildman–Crippen MR) is 133 cm³/mol. The first kappa shape index (κ1) is 24.3. The lowest BCUT2D eigenvalue weighted by molar-refractivity contribution is -0.0787. The summed E-state index contributed by atoms with van der Waals surface area (Å²) in [6.07, 6.45) is 6.49. The molecule has 1 aromatic carbocycles. The minimum Gasteiger partial charge on any atom is -0.370 e. The van der Waals surface area contributed by atoms with E-state index in [9.17, 15) is 9.18 Å². The zero-order valence-corrected chi connectivity index (χ0v) is 20.3. The van der Waals surface area contributed by atoms with Crippen LogP contribution in [0.1, 0.15) is 48.8 Å². The summed E-state index contributed by atoms with van der Waals surface area (Å²) in [5.74, 6) is -0.600. The second-order valence-electron chi connectivity index (χ2n) is 8.81. The molecule has 4 rings (SSSR count). The number of ether oxygens (including phenoxy) is 1. The Morgan fingerprint density at radius 2 is 1.94 bits per heavy atom. The summed E-state index contributed by atoms with van der Waals surface area (Å²) in [5.41, 5.74) is 8.51. The van der Waals surface area contributed by atoms with E-state index in [1.54, 1.807) is 36.3 Å². The first-order valence-electron chi connectivity index (χ1n) is 11.3. The summed E-state index contributed by atoms with van der Waals surface area (Å²) in [7, 11) is 0. The summed E-state index contributed by atoms with van der Waals surface area (Å²) in [4.78, 5) is 22.6. The highest BCUT2D eigenvalue weighted by Gasteiger charge is 2.31. The Hall–Kier alpha value is -2.81. The van der Waals surface area contributed by atoms with Gasteiger partial charge in [-0.2, -0.15) is 0 Å². The molecule has 0 bridgehead atoms. The van der Waals surface area contributed by atoms with E-state index in [1.807, 2.05) is 24.5 Å². The van der Waals surface area contributed by atoms with Gasteiger partial charge in [-0.3, -0.25) is 9.78 Å². The summed E-state index contributed by atoms with van der Waals surface area (Å²) >= 11 is 1.60. The highest BCUT2D eigenvalue weighted by atomic mass is 32.2. The van der Waals surface area contributed by atoms with E-state index in [0.29, 0.717) is 23.6 Å². The molecule has 1 amide bonds. The molecule has 0 aliphatic carbocycles. The van der Waals surface area contributed by atoms with Crippen molar-refractivity contribution < 1.29 is 13.9 Å². The van der Waals surface area contributed by atoms with Gasteiger partial charge in [0.05, 0.1) is 24.1 Å². The quantitative estimate of drug-likeness (QED) is 0.455. The van der Waals surface area contributed by atoms with Crippen LogP contribution >= 0.6 is 11.8 Å². The first-order valence-corrected chi connectivity index (χ1v) is 12.6. The number of benzene rings is 1.